The number of benzene rings is 1. The number of nitrogens with zero attached hydrogens (tertiary/aromatic N) is 1. The third kappa shape index (κ3) is 3.28. The Balaban J connectivity index is 2.22. The van der Waals surface area contributed by atoms with Gasteiger partial charge in [0.1, 0.15) is 12.4 Å². The molecule has 0 bridgehead atoms. The fraction of sp³-hybridized carbons (Fsp3) is 0.400. The second-order valence-electron chi connectivity index (χ2n) is 4.71. The average molecular weight is 260 g/mol. The largest absolute Gasteiger partial charge is 0.489 e. The van der Waals surface area contributed by atoms with Crippen LogP contribution >= 0.6 is 0 Å². The van der Waals surface area contributed by atoms with Gasteiger partial charge in [-0.15, -0.1) is 0 Å². The molecule has 0 spiro atoms. The van der Waals surface area contributed by atoms with E-state index in [4.69, 9.17) is 10.5 Å². The summed E-state index contributed by atoms with van der Waals surface area (Å²) in [5.41, 5.74) is 6.90. The van der Waals surface area contributed by atoms with Crippen LogP contribution in [0.5, 0.6) is 5.75 Å². The van der Waals surface area contributed by atoms with Gasteiger partial charge in [0.2, 0.25) is 0 Å². The molecule has 102 valence electrons. The summed E-state index contributed by atoms with van der Waals surface area (Å²) in [5.74, 6) is 0.579. The molecule has 0 radical (unpaired) electrons. The fourth-order valence-electron chi connectivity index (χ4n) is 2.26. The number of hydrogen-bond acceptors (Lipinski definition) is 3. The normalized spacial score (nSPS) is 15.1. The molecule has 1 aliphatic rings. The number of amides is 1. The molecule has 19 heavy (non-hydrogen) atoms. The van der Waals surface area contributed by atoms with E-state index in [0.717, 1.165) is 25.9 Å². The van der Waals surface area contributed by atoms with Crippen molar-refractivity contribution in [3.8, 4) is 5.75 Å². The van der Waals surface area contributed by atoms with Crippen LogP contribution < -0.4 is 10.5 Å². The number of carbonyl (C=O) groups is 1. The molecule has 2 N–H and O–H groups in total. The topological polar surface area (TPSA) is 55.6 Å². The molecule has 1 aromatic rings. The fourth-order valence-corrected chi connectivity index (χ4v) is 2.26. The molecule has 0 atom stereocenters. The number of nitrogen functional groups attached to an aromatic ring is 1. The van der Waals surface area contributed by atoms with E-state index < -0.39 is 0 Å². The molecule has 0 aromatic heterocycles. The summed E-state index contributed by atoms with van der Waals surface area (Å²) in [6, 6.07) is 5.18. The number of piperidine rings is 1. The number of anilines is 1. The molecule has 1 heterocycles. The van der Waals surface area contributed by atoms with Crippen molar-refractivity contribution in [1.29, 1.82) is 0 Å². The summed E-state index contributed by atoms with van der Waals surface area (Å²) in [6.07, 6.45) is 4.99. The molecule has 4 nitrogen and oxygen atoms in total. The predicted octanol–water partition coefficient (Wildman–Crippen LogP) is 2.46. The van der Waals surface area contributed by atoms with Crippen molar-refractivity contribution in [3.63, 3.8) is 0 Å². The molecule has 1 fully saturated rings. The van der Waals surface area contributed by atoms with Crippen LogP contribution in [0.1, 0.15) is 29.6 Å². The van der Waals surface area contributed by atoms with Crippen LogP contribution in [-0.4, -0.2) is 30.5 Å². The van der Waals surface area contributed by atoms with E-state index in [-0.39, 0.29) is 5.91 Å². The Kier molecular flexibility index (Phi) is 4.44. The van der Waals surface area contributed by atoms with Gasteiger partial charge in [0.25, 0.3) is 5.91 Å². The lowest BCUT2D eigenvalue weighted by atomic mass is 10.1. The summed E-state index contributed by atoms with van der Waals surface area (Å²) in [4.78, 5) is 14.4. The summed E-state index contributed by atoms with van der Waals surface area (Å²) >= 11 is 0. The van der Waals surface area contributed by atoms with Crippen molar-refractivity contribution in [2.24, 2.45) is 0 Å². The zero-order chi connectivity index (χ0) is 13.7. The Bertz CT molecular complexity index is 465. The lowest BCUT2D eigenvalue weighted by Crippen LogP contribution is -2.35. The highest BCUT2D eigenvalue weighted by Gasteiger charge is 2.21. The second-order valence-corrected chi connectivity index (χ2v) is 4.71. The summed E-state index contributed by atoms with van der Waals surface area (Å²) in [6.45, 7) is 5.62. The van der Waals surface area contributed by atoms with Crippen LogP contribution in [0.3, 0.4) is 0 Å². The van der Waals surface area contributed by atoms with Gasteiger partial charge in [0.15, 0.2) is 0 Å². The van der Waals surface area contributed by atoms with Gasteiger partial charge < -0.3 is 15.4 Å². The Morgan fingerprint density at radius 2 is 2.11 bits per heavy atom. The van der Waals surface area contributed by atoms with Gasteiger partial charge in [-0.05, 0) is 37.5 Å². The van der Waals surface area contributed by atoms with Gasteiger partial charge in [-0.3, -0.25) is 4.79 Å². The monoisotopic (exact) mass is 260 g/mol. The minimum Gasteiger partial charge on any atom is -0.489 e. The first-order chi connectivity index (χ1) is 9.22. The van der Waals surface area contributed by atoms with Gasteiger partial charge in [0.05, 0.1) is 5.56 Å². The third-order valence-electron chi connectivity index (χ3n) is 3.23. The van der Waals surface area contributed by atoms with Crippen LogP contribution in [0, 0.1) is 0 Å². The molecule has 1 saturated heterocycles. The Morgan fingerprint density at radius 3 is 2.79 bits per heavy atom. The Hall–Kier alpha value is -1.97. The molecule has 1 aromatic carbocycles. The minimum atomic E-state index is 0.00561. The van der Waals surface area contributed by atoms with Crippen LogP contribution in [-0.2, 0) is 0 Å². The predicted molar refractivity (Wildman–Crippen MR) is 76.3 cm³/mol. The average Bonchev–Trinajstić information content (AvgIpc) is 2.46. The number of nitrogens with two attached hydrogens (primary N) is 1. The third-order valence-corrected chi connectivity index (χ3v) is 3.23. The first kappa shape index (κ1) is 13.5. The number of rotatable bonds is 4. The highest BCUT2D eigenvalue weighted by atomic mass is 16.5. The van der Waals surface area contributed by atoms with Crippen molar-refractivity contribution in [2.45, 2.75) is 19.3 Å². The summed E-state index contributed by atoms with van der Waals surface area (Å²) < 4.78 is 5.53. The highest BCUT2D eigenvalue weighted by Crippen LogP contribution is 2.24. The maximum atomic E-state index is 12.5. The maximum Gasteiger partial charge on any atom is 0.257 e. The van der Waals surface area contributed by atoms with Crippen LogP contribution in [0.25, 0.3) is 0 Å². The zero-order valence-corrected chi connectivity index (χ0v) is 11.1. The Morgan fingerprint density at radius 1 is 1.37 bits per heavy atom. The minimum absolute atomic E-state index is 0.00561. The van der Waals surface area contributed by atoms with Gasteiger partial charge in [-0.25, -0.2) is 0 Å². The highest BCUT2D eigenvalue weighted by molar-refractivity contribution is 5.97. The molecular weight excluding hydrogens is 240 g/mol. The number of ether oxygens (including phenoxy) is 1. The lowest BCUT2D eigenvalue weighted by Gasteiger charge is -2.27. The van der Waals surface area contributed by atoms with Crippen molar-refractivity contribution in [2.75, 3.05) is 25.4 Å². The molecule has 0 aliphatic carbocycles. The summed E-state index contributed by atoms with van der Waals surface area (Å²) in [5, 5.41) is 0. The van der Waals surface area contributed by atoms with Crippen molar-refractivity contribution in [3.05, 3.63) is 36.4 Å². The molecule has 2 rings (SSSR count). The van der Waals surface area contributed by atoms with Gasteiger partial charge in [-0.2, -0.15) is 0 Å². The molecule has 4 heteroatoms. The standard InChI is InChI=1S/C15H20N2O2/c1-2-10-19-14-7-6-12(16)11-13(14)15(18)17-8-4-3-5-9-17/h2,6-7,11H,1,3-5,8-10,16H2. The number of hydrogen-bond donors (Lipinski definition) is 1. The molecule has 1 aliphatic heterocycles. The first-order valence-electron chi connectivity index (χ1n) is 6.65. The SMILES string of the molecule is C=CCOc1ccc(N)cc1C(=O)N1CCCCC1. The van der Waals surface area contributed by atoms with Crippen LogP contribution in [0.15, 0.2) is 30.9 Å². The first-order valence-corrected chi connectivity index (χ1v) is 6.65. The van der Waals surface area contributed by atoms with Crippen molar-refractivity contribution >= 4 is 11.6 Å². The van der Waals surface area contributed by atoms with E-state index in [0.29, 0.717) is 23.6 Å². The molecule has 1 amide bonds. The van der Waals surface area contributed by atoms with E-state index >= 15 is 0 Å². The zero-order valence-electron chi connectivity index (χ0n) is 11.1. The van der Waals surface area contributed by atoms with Crippen LogP contribution in [0.2, 0.25) is 0 Å². The van der Waals surface area contributed by atoms with Crippen LogP contribution in [0.4, 0.5) is 5.69 Å². The van der Waals surface area contributed by atoms with E-state index in [1.165, 1.54) is 6.42 Å². The van der Waals surface area contributed by atoms with Gasteiger partial charge >= 0.3 is 0 Å². The van der Waals surface area contributed by atoms with E-state index in [9.17, 15) is 4.79 Å². The van der Waals surface area contributed by atoms with E-state index in [1.54, 1.807) is 24.3 Å². The van der Waals surface area contributed by atoms with E-state index in [2.05, 4.69) is 6.58 Å². The van der Waals surface area contributed by atoms with E-state index in [1.807, 2.05) is 4.90 Å². The lowest BCUT2D eigenvalue weighted by molar-refractivity contribution is 0.0720. The molecule has 0 saturated carbocycles. The maximum absolute atomic E-state index is 12.5. The Labute approximate surface area is 113 Å². The van der Waals surface area contributed by atoms with Crippen molar-refractivity contribution < 1.29 is 9.53 Å². The molecular formula is C15H20N2O2. The van der Waals surface area contributed by atoms with Gasteiger partial charge in [-0.1, -0.05) is 12.7 Å². The number of carbonyl (C=O) groups excluding carboxylic acids is 1. The number of likely N-dealkylation sites (tertiary alicyclic amines) is 1. The summed E-state index contributed by atoms with van der Waals surface area (Å²) in [7, 11) is 0. The second kappa shape index (κ2) is 6.27. The quantitative estimate of drug-likeness (QED) is 0.668. The van der Waals surface area contributed by atoms with Gasteiger partial charge in [0, 0.05) is 18.8 Å². The molecule has 0 unspecified atom stereocenters. The van der Waals surface area contributed by atoms with Crippen molar-refractivity contribution in [1.82, 2.24) is 4.90 Å². The smallest absolute Gasteiger partial charge is 0.257 e.